The number of rotatable bonds is 6. The Hall–Kier alpha value is -1.74. The molecule has 4 N–H and O–H groups in total. The molecule has 6 nitrogen and oxygen atoms in total. The Bertz CT molecular complexity index is 753. The van der Waals surface area contributed by atoms with E-state index in [2.05, 4.69) is 5.32 Å². The molecule has 112 valence electrons. The molecule has 8 heteroatoms. The Morgan fingerprint density at radius 1 is 1.29 bits per heavy atom. The molecular formula is C13H14N2O4S2. The van der Waals surface area contributed by atoms with Crippen LogP contribution < -0.4 is 10.5 Å². The van der Waals surface area contributed by atoms with Crippen molar-refractivity contribution in [1.29, 1.82) is 0 Å². The van der Waals surface area contributed by atoms with Gasteiger partial charge in [-0.1, -0.05) is 12.1 Å². The van der Waals surface area contributed by atoms with Crippen LogP contribution in [0.2, 0.25) is 0 Å². The third-order valence-corrected chi connectivity index (χ3v) is 4.60. The van der Waals surface area contributed by atoms with Crippen LogP contribution in [0.1, 0.15) is 20.8 Å². The second-order valence-electron chi connectivity index (χ2n) is 4.40. The molecular weight excluding hydrogens is 312 g/mol. The van der Waals surface area contributed by atoms with Gasteiger partial charge in [0.25, 0.3) is 0 Å². The number of hydrogen-bond donors (Lipinski definition) is 3. The van der Waals surface area contributed by atoms with Crippen LogP contribution in [0.5, 0.6) is 0 Å². The molecule has 0 fully saturated rings. The van der Waals surface area contributed by atoms with Crippen LogP contribution in [0.15, 0.2) is 40.6 Å². The number of nitrogens with one attached hydrogen (secondary N) is 1. The Morgan fingerprint density at radius 3 is 2.67 bits per heavy atom. The van der Waals surface area contributed by atoms with Crippen molar-refractivity contribution in [1.82, 2.24) is 5.32 Å². The highest BCUT2D eigenvalue weighted by Gasteiger charge is 2.08. The van der Waals surface area contributed by atoms with Crippen LogP contribution >= 0.6 is 11.3 Å². The molecule has 0 aliphatic rings. The maximum Gasteiger partial charge on any atom is 0.336 e. The first kappa shape index (κ1) is 15.6. The normalized spacial score (nSPS) is 11.5. The van der Waals surface area contributed by atoms with Gasteiger partial charge in [-0.05, 0) is 23.8 Å². The van der Waals surface area contributed by atoms with Gasteiger partial charge < -0.3 is 10.4 Å². The predicted octanol–water partition coefficient (Wildman–Crippen LogP) is 1.38. The lowest BCUT2D eigenvalue weighted by atomic mass is 10.2. The van der Waals surface area contributed by atoms with Gasteiger partial charge in [-0.2, -0.15) is 0 Å². The van der Waals surface area contributed by atoms with E-state index < -0.39 is 16.0 Å². The van der Waals surface area contributed by atoms with Gasteiger partial charge in [-0.3, -0.25) is 0 Å². The van der Waals surface area contributed by atoms with Crippen molar-refractivity contribution in [2.75, 3.05) is 0 Å². The van der Waals surface area contributed by atoms with Crippen LogP contribution in [0.25, 0.3) is 0 Å². The fourth-order valence-electron chi connectivity index (χ4n) is 1.75. The lowest BCUT2D eigenvalue weighted by Crippen LogP contribution is -2.14. The molecule has 0 aliphatic carbocycles. The summed E-state index contributed by atoms with van der Waals surface area (Å²) < 4.78 is 22.5. The average molecular weight is 326 g/mol. The van der Waals surface area contributed by atoms with Crippen molar-refractivity contribution >= 4 is 27.3 Å². The fourth-order valence-corrected chi connectivity index (χ4v) is 3.16. The Kier molecular flexibility index (Phi) is 4.73. The molecule has 2 rings (SSSR count). The zero-order chi connectivity index (χ0) is 15.5. The van der Waals surface area contributed by atoms with Crippen LogP contribution in [0.4, 0.5) is 0 Å². The molecule has 21 heavy (non-hydrogen) atoms. The van der Waals surface area contributed by atoms with Crippen molar-refractivity contribution < 1.29 is 18.3 Å². The molecule has 0 saturated heterocycles. The molecule has 0 bridgehead atoms. The minimum atomic E-state index is -3.70. The van der Waals surface area contributed by atoms with Gasteiger partial charge in [0, 0.05) is 23.3 Å². The molecule has 0 aliphatic heterocycles. The number of carbonyl (C=O) groups is 1. The summed E-state index contributed by atoms with van der Waals surface area (Å²) in [5.41, 5.74) is 1.06. The number of carboxylic acids is 1. The lowest BCUT2D eigenvalue weighted by Gasteiger charge is -2.05. The molecule has 0 saturated carbocycles. The molecule has 0 atom stereocenters. The standard InChI is InChI=1S/C13H14N2O4S2/c14-21(18,19)12-3-1-2-9(4-12)6-15-7-11-5-10(8-20-11)13(16)17/h1-5,8,15H,6-7H2,(H,16,17)(H2,14,18,19). The second kappa shape index (κ2) is 6.35. The van der Waals surface area contributed by atoms with E-state index in [1.165, 1.54) is 23.5 Å². The summed E-state index contributed by atoms with van der Waals surface area (Å²) >= 11 is 1.36. The number of thiophene rings is 1. The van der Waals surface area contributed by atoms with Gasteiger partial charge in [0.1, 0.15) is 0 Å². The largest absolute Gasteiger partial charge is 0.478 e. The lowest BCUT2D eigenvalue weighted by molar-refractivity contribution is 0.0697. The highest BCUT2D eigenvalue weighted by atomic mass is 32.2. The minimum Gasteiger partial charge on any atom is -0.478 e. The Morgan fingerprint density at radius 2 is 2.05 bits per heavy atom. The van der Waals surface area contributed by atoms with E-state index in [0.29, 0.717) is 13.1 Å². The minimum absolute atomic E-state index is 0.0751. The van der Waals surface area contributed by atoms with E-state index in [1.807, 2.05) is 0 Å². The summed E-state index contributed by atoms with van der Waals surface area (Å²) in [5, 5.41) is 18.6. The smallest absolute Gasteiger partial charge is 0.336 e. The van der Waals surface area contributed by atoms with E-state index in [0.717, 1.165) is 10.4 Å². The highest BCUT2D eigenvalue weighted by molar-refractivity contribution is 7.89. The summed E-state index contributed by atoms with van der Waals surface area (Å²) in [5.74, 6) is -0.946. The van der Waals surface area contributed by atoms with E-state index in [4.69, 9.17) is 10.2 Å². The van der Waals surface area contributed by atoms with E-state index in [1.54, 1.807) is 23.6 Å². The van der Waals surface area contributed by atoms with Gasteiger partial charge in [0.2, 0.25) is 10.0 Å². The number of primary sulfonamides is 1. The number of carboxylic acid groups (broad SMARTS) is 1. The second-order valence-corrected chi connectivity index (χ2v) is 6.96. The zero-order valence-electron chi connectivity index (χ0n) is 10.9. The summed E-state index contributed by atoms with van der Waals surface area (Å²) in [7, 11) is -3.70. The van der Waals surface area contributed by atoms with E-state index in [9.17, 15) is 13.2 Å². The SMILES string of the molecule is NS(=O)(=O)c1cccc(CNCc2cc(C(=O)O)cs2)c1. The predicted molar refractivity (Wildman–Crippen MR) is 79.6 cm³/mol. The van der Waals surface area contributed by atoms with E-state index in [-0.39, 0.29) is 10.5 Å². The number of aromatic carboxylic acids is 1. The number of benzene rings is 1. The molecule has 1 aromatic carbocycles. The molecule has 1 heterocycles. The Balaban J connectivity index is 1.95. The van der Waals surface area contributed by atoms with Crippen molar-refractivity contribution in [2.45, 2.75) is 18.0 Å². The van der Waals surface area contributed by atoms with Crippen molar-refractivity contribution in [3.8, 4) is 0 Å². The first-order valence-corrected chi connectivity index (χ1v) is 8.42. The zero-order valence-corrected chi connectivity index (χ0v) is 12.6. The van der Waals surface area contributed by atoms with Crippen molar-refractivity contribution in [2.24, 2.45) is 5.14 Å². The number of hydrogen-bond acceptors (Lipinski definition) is 5. The maximum atomic E-state index is 11.3. The van der Waals surface area contributed by atoms with Crippen LogP contribution in [-0.2, 0) is 23.1 Å². The average Bonchev–Trinajstić information content (AvgIpc) is 2.87. The number of nitrogens with two attached hydrogens (primary N) is 1. The Labute approximate surface area is 126 Å². The summed E-state index contributed by atoms with van der Waals surface area (Å²) in [4.78, 5) is 11.7. The van der Waals surface area contributed by atoms with Crippen LogP contribution in [0.3, 0.4) is 0 Å². The molecule has 0 spiro atoms. The van der Waals surface area contributed by atoms with Gasteiger partial charge >= 0.3 is 5.97 Å². The topological polar surface area (TPSA) is 109 Å². The monoisotopic (exact) mass is 326 g/mol. The molecule has 0 unspecified atom stereocenters. The molecule has 0 amide bonds. The van der Waals surface area contributed by atoms with Crippen molar-refractivity contribution in [3.05, 3.63) is 51.7 Å². The summed E-state index contributed by atoms with van der Waals surface area (Å²) in [6.45, 7) is 0.973. The molecule has 2 aromatic rings. The molecule has 1 aromatic heterocycles. The third kappa shape index (κ3) is 4.36. The number of sulfonamides is 1. The van der Waals surface area contributed by atoms with Gasteiger partial charge in [0.15, 0.2) is 0 Å². The van der Waals surface area contributed by atoms with Crippen molar-refractivity contribution in [3.63, 3.8) is 0 Å². The van der Waals surface area contributed by atoms with Gasteiger partial charge in [-0.25, -0.2) is 18.4 Å². The van der Waals surface area contributed by atoms with Gasteiger partial charge in [-0.15, -0.1) is 11.3 Å². The summed E-state index contributed by atoms with van der Waals surface area (Å²) in [6, 6.07) is 7.99. The first-order chi connectivity index (χ1) is 9.86. The van der Waals surface area contributed by atoms with Gasteiger partial charge in [0.05, 0.1) is 10.5 Å². The highest BCUT2D eigenvalue weighted by Crippen LogP contribution is 2.15. The van der Waals surface area contributed by atoms with Crippen LogP contribution in [-0.4, -0.2) is 19.5 Å². The maximum absolute atomic E-state index is 11.3. The third-order valence-electron chi connectivity index (χ3n) is 2.76. The summed E-state index contributed by atoms with van der Waals surface area (Å²) in [6.07, 6.45) is 0. The van der Waals surface area contributed by atoms with Crippen LogP contribution in [0, 0.1) is 0 Å². The fraction of sp³-hybridized carbons (Fsp3) is 0.154. The first-order valence-electron chi connectivity index (χ1n) is 5.99. The molecule has 0 radical (unpaired) electrons. The van der Waals surface area contributed by atoms with E-state index >= 15 is 0 Å². The quantitative estimate of drug-likeness (QED) is 0.743.